The van der Waals surface area contributed by atoms with Gasteiger partial charge in [0.1, 0.15) is 5.78 Å². The number of carbonyl (C=O) groups excluding carboxylic acids is 2. The molecule has 4 heteroatoms. The highest BCUT2D eigenvalue weighted by Gasteiger charge is 2.06. The van der Waals surface area contributed by atoms with Crippen molar-refractivity contribution in [1.29, 1.82) is 0 Å². The first-order chi connectivity index (χ1) is 8.00. The van der Waals surface area contributed by atoms with E-state index in [2.05, 4.69) is 5.32 Å². The summed E-state index contributed by atoms with van der Waals surface area (Å²) in [5.41, 5.74) is 1.59. The van der Waals surface area contributed by atoms with E-state index in [1.54, 1.807) is 6.07 Å². The number of hydrogen-bond acceptors (Lipinski definition) is 3. The zero-order valence-corrected chi connectivity index (χ0v) is 10.5. The molecule has 0 heterocycles. The highest BCUT2D eigenvalue weighted by molar-refractivity contribution is 5.95. The van der Waals surface area contributed by atoms with Crippen molar-refractivity contribution >= 4 is 17.4 Å². The maximum Gasteiger partial charge on any atom is 0.251 e. The summed E-state index contributed by atoms with van der Waals surface area (Å²) in [6.07, 6.45) is 0.374. The summed E-state index contributed by atoms with van der Waals surface area (Å²) >= 11 is 0. The Balaban J connectivity index is 2.62. The third kappa shape index (κ3) is 4.26. The third-order valence-corrected chi connectivity index (χ3v) is 2.39. The minimum atomic E-state index is -0.144. The number of carbonyl (C=O) groups is 2. The van der Waals surface area contributed by atoms with Crippen LogP contribution < -0.4 is 10.2 Å². The molecule has 1 rings (SSSR count). The smallest absolute Gasteiger partial charge is 0.251 e. The van der Waals surface area contributed by atoms with Gasteiger partial charge in [-0.25, -0.2) is 0 Å². The van der Waals surface area contributed by atoms with Crippen LogP contribution in [0.3, 0.4) is 0 Å². The maximum absolute atomic E-state index is 11.8. The van der Waals surface area contributed by atoms with Crippen molar-refractivity contribution in [2.45, 2.75) is 13.3 Å². The Morgan fingerprint density at radius 2 is 2.00 bits per heavy atom. The van der Waals surface area contributed by atoms with E-state index in [1.807, 2.05) is 37.2 Å². The molecule has 0 aromatic heterocycles. The first-order valence-corrected chi connectivity index (χ1v) is 5.55. The molecule has 0 saturated heterocycles. The van der Waals surface area contributed by atoms with Crippen molar-refractivity contribution in [2.24, 2.45) is 0 Å². The van der Waals surface area contributed by atoms with E-state index >= 15 is 0 Å². The second-order valence-electron chi connectivity index (χ2n) is 4.15. The summed E-state index contributed by atoms with van der Waals surface area (Å²) in [6, 6.07) is 7.36. The summed E-state index contributed by atoms with van der Waals surface area (Å²) in [5, 5.41) is 2.72. The zero-order chi connectivity index (χ0) is 12.8. The molecule has 0 aliphatic heterocycles. The van der Waals surface area contributed by atoms with Gasteiger partial charge in [0.25, 0.3) is 5.91 Å². The van der Waals surface area contributed by atoms with Crippen LogP contribution in [0.1, 0.15) is 23.7 Å². The number of anilines is 1. The number of nitrogens with one attached hydrogen (secondary N) is 1. The van der Waals surface area contributed by atoms with Gasteiger partial charge in [0.05, 0.1) is 0 Å². The van der Waals surface area contributed by atoms with E-state index < -0.39 is 0 Å². The summed E-state index contributed by atoms with van der Waals surface area (Å²) in [7, 11) is 3.85. The molecular weight excluding hydrogens is 216 g/mol. The van der Waals surface area contributed by atoms with Gasteiger partial charge in [-0.3, -0.25) is 9.59 Å². The topological polar surface area (TPSA) is 49.4 Å². The molecule has 1 aromatic rings. The van der Waals surface area contributed by atoms with Crippen LogP contribution >= 0.6 is 0 Å². The van der Waals surface area contributed by atoms with E-state index in [4.69, 9.17) is 0 Å². The predicted octanol–water partition coefficient (Wildman–Crippen LogP) is 1.46. The second kappa shape index (κ2) is 6.03. The van der Waals surface area contributed by atoms with Crippen molar-refractivity contribution in [3.63, 3.8) is 0 Å². The lowest BCUT2D eigenvalue weighted by atomic mass is 10.2. The molecule has 1 amide bonds. The number of Topliss-reactive ketones (excluding diaryl/α,β-unsaturated/α-hetero) is 1. The Hall–Kier alpha value is -1.84. The average Bonchev–Trinajstić information content (AvgIpc) is 2.28. The fourth-order valence-electron chi connectivity index (χ4n) is 1.38. The number of hydrogen-bond donors (Lipinski definition) is 1. The highest BCUT2D eigenvalue weighted by Crippen LogP contribution is 2.13. The average molecular weight is 234 g/mol. The van der Waals surface area contributed by atoms with E-state index in [0.717, 1.165) is 5.69 Å². The number of amides is 1. The van der Waals surface area contributed by atoms with Gasteiger partial charge in [0.2, 0.25) is 0 Å². The second-order valence-corrected chi connectivity index (χ2v) is 4.15. The van der Waals surface area contributed by atoms with Gasteiger partial charge in [-0.2, -0.15) is 0 Å². The molecule has 0 saturated carbocycles. The lowest BCUT2D eigenvalue weighted by molar-refractivity contribution is -0.116. The van der Waals surface area contributed by atoms with Gasteiger partial charge >= 0.3 is 0 Å². The Labute approximate surface area is 102 Å². The number of nitrogens with zero attached hydrogens (tertiary/aromatic N) is 1. The van der Waals surface area contributed by atoms with Crippen LogP contribution in [0.5, 0.6) is 0 Å². The molecule has 0 bridgehead atoms. The lowest BCUT2D eigenvalue weighted by Crippen LogP contribution is -2.25. The summed E-state index contributed by atoms with van der Waals surface area (Å²) in [5.74, 6) is -0.0673. The Bertz CT molecular complexity index is 414. The van der Waals surface area contributed by atoms with Crippen LogP contribution in [-0.2, 0) is 4.79 Å². The van der Waals surface area contributed by atoms with E-state index in [0.29, 0.717) is 18.5 Å². The Morgan fingerprint density at radius 3 is 2.59 bits per heavy atom. The van der Waals surface area contributed by atoms with Crippen LogP contribution in [0, 0.1) is 0 Å². The third-order valence-electron chi connectivity index (χ3n) is 2.39. The standard InChI is InChI=1S/C13H18N2O2/c1-10(16)7-8-14-13(17)11-5-4-6-12(9-11)15(2)3/h4-6,9H,7-8H2,1-3H3,(H,14,17). The van der Waals surface area contributed by atoms with Crippen molar-refractivity contribution < 1.29 is 9.59 Å². The minimum absolute atomic E-state index is 0.0762. The fourth-order valence-corrected chi connectivity index (χ4v) is 1.38. The monoisotopic (exact) mass is 234 g/mol. The molecule has 0 fully saturated rings. The van der Waals surface area contributed by atoms with Crippen molar-refractivity contribution in [3.05, 3.63) is 29.8 Å². The van der Waals surface area contributed by atoms with Crippen LogP contribution in [0.15, 0.2) is 24.3 Å². The summed E-state index contributed by atoms with van der Waals surface area (Å²) in [6.45, 7) is 1.90. The van der Waals surface area contributed by atoms with E-state index in [9.17, 15) is 9.59 Å². The largest absolute Gasteiger partial charge is 0.378 e. The van der Waals surface area contributed by atoms with Gasteiger partial charge in [0, 0.05) is 38.3 Å². The quantitative estimate of drug-likeness (QED) is 0.839. The molecule has 1 N–H and O–H groups in total. The highest BCUT2D eigenvalue weighted by atomic mass is 16.1. The molecule has 0 unspecified atom stereocenters. The van der Waals surface area contributed by atoms with Crippen LogP contribution in [0.25, 0.3) is 0 Å². The lowest BCUT2D eigenvalue weighted by Gasteiger charge is -2.13. The normalized spacial score (nSPS) is 9.82. The van der Waals surface area contributed by atoms with E-state index in [-0.39, 0.29) is 11.7 Å². The molecule has 0 atom stereocenters. The van der Waals surface area contributed by atoms with E-state index in [1.165, 1.54) is 6.92 Å². The molecule has 0 spiro atoms. The molecule has 17 heavy (non-hydrogen) atoms. The van der Waals surface area contributed by atoms with Crippen molar-refractivity contribution in [2.75, 3.05) is 25.5 Å². The minimum Gasteiger partial charge on any atom is -0.378 e. The molecule has 1 aromatic carbocycles. The number of rotatable bonds is 5. The van der Waals surface area contributed by atoms with Crippen LogP contribution in [-0.4, -0.2) is 32.3 Å². The molecule has 0 radical (unpaired) electrons. The van der Waals surface area contributed by atoms with Gasteiger partial charge in [-0.15, -0.1) is 0 Å². The van der Waals surface area contributed by atoms with Crippen molar-refractivity contribution in [3.8, 4) is 0 Å². The van der Waals surface area contributed by atoms with Crippen LogP contribution in [0.4, 0.5) is 5.69 Å². The van der Waals surface area contributed by atoms with Gasteiger partial charge in [0.15, 0.2) is 0 Å². The first-order valence-electron chi connectivity index (χ1n) is 5.55. The van der Waals surface area contributed by atoms with Crippen molar-refractivity contribution in [1.82, 2.24) is 5.32 Å². The molecule has 4 nitrogen and oxygen atoms in total. The summed E-state index contributed by atoms with van der Waals surface area (Å²) < 4.78 is 0. The van der Waals surface area contributed by atoms with Gasteiger partial charge in [-0.05, 0) is 25.1 Å². The SMILES string of the molecule is CC(=O)CCNC(=O)c1cccc(N(C)C)c1. The number of ketones is 1. The van der Waals surface area contributed by atoms with Crippen LogP contribution in [0.2, 0.25) is 0 Å². The molecule has 0 aliphatic rings. The predicted molar refractivity (Wildman–Crippen MR) is 68.4 cm³/mol. The maximum atomic E-state index is 11.8. The Morgan fingerprint density at radius 1 is 1.29 bits per heavy atom. The summed E-state index contributed by atoms with van der Waals surface area (Å²) in [4.78, 5) is 24.4. The number of benzene rings is 1. The molecular formula is C13H18N2O2. The molecule has 0 aliphatic carbocycles. The fraction of sp³-hybridized carbons (Fsp3) is 0.385. The zero-order valence-electron chi connectivity index (χ0n) is 10.5. The van der Waals surface area contributed by atoms with Gasteiger partial charge < -0.3 is 10.2 Å². The molecule has 92 valence electrons. The Kier molecular flexibility index (Phi) is 4.69. The van der Waals surface area contributed by atoms with Gasteiger partial charge in [-0.1, -0.05) is 6.07 Å². The first kappa shape index (κ1) is 13.2.